The van der Waals surface area contributed by atoms with Gasteiger partial charge in [0.1, 0.15) is 17.4 Å². The number of aliphatic carboxylic acids is 1. The number of ether oxygens (including phenoxy) is 1. The van der Waals surface area contributed by atoms with E-state index in [0.717, 1.165) is 54.8 Å². The number of carboxylic acids is 1. The highest BCUT2D eigenvalue weighted by atomic mass is 19.1. The van der Waals surface area contributed by atoms with Crippen molar-refractivity contribution < 1.29 is 23.8 Å². The summed E-state index contributed by atoms with van der Waals surface area (Å²) in [5.41, 5.74) is 3.26. The standard InChI is InChI=1S/C35H45FN4O4/c1-5-7-26(8-6-2)40(27-10-11-29(36)23(3)19-27)33(41)22-39-21-28(24-9-13-31-25(20-24)15-18-44-31)34(35(42)43)30(39)12-14-32-37-16-17-38(32)4/h9-11,13,16-17,19-20,26,28,30,34H,5-8,12,14-15,18,21-22H2,1-4H3,(H,42,43)/t28-,30+,34?/m1/s1. The van der Waals surface area contributed by atoms with Crippen LogP contribution in [0.5, 0.6) is 5.75 Å². The van der Waals surface area contributed by atoms with E-state index in [0.29, 0.717) is 37.2 Å². The molecule has 3 heterocycles. The number of carbonyl (C=O) groups is 2. The summed E-state index contributed by atoms with van der Waals surface area (Å²) in [6.45, 7) is 7.11. The molecule has 1 saturated heterocycles. The maximum Gasteiger partial charge on any atom is 0.308 e. The number of aryl methyl sites for hydroxylation is 3. The highest BCUT2D eigenvalue weighted by Gasteiger charge is 2.47. The summed E-state index contributed by atoms with van der Waals surface area (Å²) in [5, 5.41) is 10.6. The fourth-order valence-electron chi connectivity index (χ4n) is 7.20. The Kier molecular flexibility index (Phi) is 10.0. The molecular weight excluding hydrogens is 559 g/mol. The molecule has 0 aliphatic carbocycles. The molecule has 8 nitrogen and oxygen atoms in total. The third-order valence-electron chi connectivity index (χ3n) is 9.40. The zero-order valence-corrected chi connectivity index (χ0v) is 26.3. The minimum Gasteiger partial charge on any atom is -0.493 e. The van der Waals surface area contributed by atoms with Gasteiger partial charge in [-0.15, -0.1) is 0 Å². The van der Waals surface area contributed by atoms with Crippen LogP contribution in [-0.4, -0.2) is 63.2 Å². The molecule has 0 spiro atoms. The average molecular weight is 605 g/mol. The van der Waals surface area contributed by atoms with Crippen molar-refractivity contribution in [2.24, 2.45) is 13.0 Å². The Labute approximate surface area is 259 Å². The van der Waals surface area contributed by atoms with Gasteiger partial charge >= 0.3 is 5.97 Å². The third kappa shape index (κ3) is 6.67. The van der Waals surface area contributed by atoms with Gasteiger partial charge in [-0.1, -0.05) is 38.8 Å². The molecule has 0 saturated carbocycles. The number of carboxylic acid groups (broad SMARTS) is 1. The van der Waals surface area contributed by atoms with Crippen LogP contribution >= 0.6 is 0 Å². The number of anilines is 1. The molecule has 2 aliphatic heterocycles. The van der Waals surface area contributed by atoms with Crippen LogP contribution in [0.2, 0.25) is 0 Å². The minimum absolute atomic E-state index is 0.0289. The summed E-state index contributed by atoms with van der Waals surface area (Å²) in [4.78, 5) is 35.8. The summed E-state index contributed by atoms with van der Waals surface area (Å²) in [6, 6.07) is 10.5. The fraction of sp³-hybridized carbons (Fsp3) is 0.514. The topological polar surface area (TPSA) is 87.9 Å². The Morgan fingerprint density at radius 2 is 1.93 bits per heavy atom. The Morgan fingerprint density at radius 3 is 2.59 bits per heavy atom. The Morgan fingerprint density at radius 1 is 1.16 bits per heavy atom. The summed E-state index contributed by atoms with van der Waals surface area (Å²) in [6.07, 6.45) is 9.09. The summed E-state index contributed by atoms with van der Waals surface area (Å²) in [5.74, 6) is -0.463. The molecule has 0 radical (unpaired) electrons. The molecule has 1 amide bonds. The predicted octanol–water partition coefficient (Wildman–Crippen LogP) is 5.91. The first-order chi connectivity index (χ1) is 21.2. The van der Waals surface area contributed by atoms with Crippen LogP contribution in [0, 0.1) is 18.7 Å². The summed E-state index contributed by atoms with van der Waals surface area (Å²) >= 11 is 0. The lowest BCUT2D eigenvalue weighted by Crippen LogP contribution is -2.48. The van der Waals surface area contributed by atoms with Gasteiger partial charge in [0, 0.05) is 62.5 Å². The van der Waals surface area contributed by atoms with Gasteiger partial charge in [-0.2, -0.15) is 0 Å². The molecule has 1 unspecified atom stereocenters. The molecule has 9 heteroatoms. The van der Waals surface area contributed by atoms with Gasteiger partial charge in [-0.3, -0.25) is 14.5 Å². The molecule has 1 N–H and O–H groups in total. The molecule has 3 aromatic rings. The van der Waals surface area contributed by atoms with E-state index < -0.39 is 11.9 Å². The number of nitrogens with zero attached hydrogens (tertiary/aromatic N) is 4. The molecular formula is C35H45FN4O4. The number of likely N-dealkylation sites (tertiary alicyclic amines) is 1. The third-order valence-corrected chi connectivity index (χ3v) is 9.40. The van der Waals surface area contributed by atoms with E-state index in [9.17, 15) is 19.1 Å². The van der Waals surface area contributed by atoms with Crippen molar-refractivity contribution in [3.05, 3.63) is 77.1 Å². The maximum atomic E-state index is 14.4. The van der Waals surface area contributed by atoms with E-state index in [1.54, 1.807) is 25.3 Å². The quantitative estimate of drug-likeness (QED) is 0.261. The molecule has 2 aliphatic rings. The van der Waals surface area contributed by atoms with E-state index in [2.05, 4.69) is 29.8 Å². The minimum atomic E-state index is -0.854. The number of fused-ring (bicyclic) bond motifs is 1. The zero-order valence-electron chi connectivity index (χ0n) is 26.3. The molecule has 3 atom stereocenters. The molecule has 5 rings (SSSR count). The fourth-order valence-corrected chi connectivity index (χ4v) is 7.20. The number of rotatable bonds is 13. The second-order valence-electron chi connectivity index (χ2n) is 12.4. The number of hydrogen-bond acceptors (Lipinski definition) is 5. The largest absolute Gasteiger partial charge is 0.493 e. The number of benzene rings is 2. The van der Waals surface area contributed by atoms with Crippen molar-refractivity contribution in [1.82, 2.24) is 14.5 Å². The van der Waals surface area contributed by atoms with Gasteiger partial charge in [0.2, 0.25) is 5.91 Å². The van der Waals surface area contributed by atoms with Crippen molar-refractivity contribution in [2.45, 2.75) is 83.7 Å². The normalized spacial score (nSPS) is 19.7. The molecule has 1 fully saturated rings. The molecule has 2 aromatic carbocycles. The van der Waals surface area contributed by atoms with Crippen LogP contribution in [0.15, 0.2) is 48.8 Å². The SMILES string of the molecule is CCCC(CCC)N(C(=O)CN1C[C@H](c2ccc3c(c2)CCO3)C(C(=O)O)[C@@H]1CCc1nccn1C)c1ccc(F)c(C)c1. The van der Waals surface area contributed by atoms with E-state index >= 15 is 0 Å². The van der Waals surface area contributed by atoms with E-state index in [1.807, 2.05) is 34.8 Å². The second-order valence-corrected chi connectivity index (χ2v) is 12.4. The van der Waals surface area contributed by atoms with E-state index in [1.165, 1.54) is 6.07 Å². The van der Waals surface area contributed by atoms with E-state index in [4.69, 9.17) is 4.74 Å². The second kappa shape index (κ2) is 13.9. The molecule has 0 bridgehead atoms. The number of hydrogen-bond donors (Lipinski definition) is 1. The predicted molar refractivity (Wildman–Crippen MR) is 169 cm³/mol. The number of amides is 1. The highest BCUT2D eigenvalue weighted by molar-refractivity contribution is 5.95. The molecule has 1 aromatic heterocycles. The smallest absolute Gasteiger partial charge is 0.308 e. The van der Waals surface area contributed by atoms with Crippen LogP contribution < -0.4 is 9.64 Å². The van der Waals surface area contributed by atoms with Crippen LogP contribution in [0.1, 0.15) is 74.4 Å². The van der Waals surface area contributed by atoms with E-state index in [-0.39, 0.29) is 36.3 Å². The summed E-state index contributed by atoms with van der Waals surface area (Å²) in [7, 11) is 1.94. The first-order valence-electron chi connectivity index (χ1n) is 16.0. The number of carbonyl (C=O) groups excluding carboxylic acids is 1. The van der Waals surface area contributed by atoms with Crippen molar-refractivity contribution in [2.75, 3.05) is 24.6 Å². The Balaban J connectivity index is 1.49. The maximum absolute atomic E-state index is 14.4. The summed E-state index contributed by atoms with van der Waals surface area (Å²) < 4.78 is 22.0. The van der Waals surface area contributed by atoms with Crippen molar-refractivity contribution in [3.8, 4) is 5.75 Å². The van der Waals surface area contributed by atoms with Crippen molar-refractivity contribution in [3.63, 3.8) is 0 Å². The van der Waals surface area contributed by atoms with Gasteiger partial charge in [0.25, 0.3) is 0 Å². The molecule has 44 heavy (non-hydrogen) atoms. The lowest BCUT2D eigenvalue weighted by molar-refractivity contribution is -0.143. The van der Waals surface area contributed by atoms with Gasteiger partial charge in [0.05, 0.1) is 19.1 Å². The Hall–Kier alpha value is -3.72. The van der Waals surface area contributed by atoms with Crippen LogP contribution in [-0.2, 0) is 29.5 Å². The van der Waals surface area contributed by atoms with Gasteiger partial charge in [-0.25, -0.2) is 9.37 Å². The van der Waals surface area contributed by atoms with Crippen LogP contribution in [0.4, 0.5) is 10.1 Å². The average Bonchev–Trinajstić information content (AvgIpc) is 3.72. The number of aromatic nitrogens is 2. The van der Waals surface area contributed by atoms with Crippen molar-refractivity contribution >= 4 is 17.6 Å². The number of imidazole rings is 1. The molecule has 236 valence electrons. The van der Waals surface area contributed by atoms with Gasteiger partial charge in [0.15, 0.2) is 0 Å². The first kappa shape index (κ1) is 31.7. The monoisotopic (exact) mass is 604 g/mol. The zero-order chi connectivity index (χ0) is 31.4. The first-order valence-corrected chi connectivity index (χ1v) is 16.0. The number of halogens is 1. The lowest BCUT2D eigenvalue weighted by atomic mass is 9.83. The Bertz CT molecular complexity index is 1470. The lowest BCUT2D eigenvalue weighted by Gasteiger charge is -2.35. The van der Waals surface area contributed by atoms with Crippen LogP contribution in [0.3, 0.4) is 0 Å². The van der Waals surface area contributed by atoms with Gasteiger partial charge < -0.3 is 19.3 Å². The van der Waals surface area contributed by atoms with Gasteiger partial charge in [-0.05, 0) is 67.1 Å². The highest BCUT2D eigenvalue weighted by Crippen LogP contribution is 2.41. The van der Waals surface area contributed by atoms with Crippen LogP contribution in [0.25, 0.3) is 0 Å². The van der Waals surface area contributed by atoms with Crippen molar-refractivity contribution in [1.29, 1.82) is 0 Å².